The van der Waals surface area contributed by atoms with E-state index < -0.39 is 5.97 Å². The minimum Gasteiger partial charge on any atom is -0.465 e. The number of fused-ring (bicyclic) bond motifs is 1. The van der Waals surface area contributed by atoms with Crippen molar-refractivity contribution in [1.82, 2.24) is 20.2 Å². The maximum Gasteiger partial charge on any atom is 0.337 e. The van der Waals surface area contributed by atoms with Crippen LogP contribution in [0.3, 0.4) is 0 Å². The van der Waals surface area contributed by atoms with Crippen molar-refractivity contribution in [2.45, 2.75) is 23.9 Å². The van der Waals surface area contributed by atoms with Crippen molar-refractivity contribution in [3.05, 3.63) is 69.3 Å². The number of carbonyl (C=O) groups is 1. The summed E-state index contributed by atoms with van der Waals surface area (Å²) in [6.07, 6.45) is 0. The number of benzene rings is 2. The van der Waals surface area contributed by atoms with E-state index in [1.54, 1.807) is 18.2 Å². The summed E-state index contributed by atoms with van der Waals surface area (Å²) in [6, 6.07) is 10.8. The van der Waals surface area contributed by atoms with Crippen molar-refractivity contribution in [1.29, 1.82) is 0 Å². The molecule has 0 fully saturated rings. The molecule has 0 bridgehead atoms. The molecule has 0 atom stereocenters. The first-order chi connectivity index (χ1) is 14.9. The number of esters is 1. The summed E-state index contributed by atoms with van der Waals surface area (Å²) in [7, 11) is 1.31. The third-order valence-electron chi connectivity index (χ3n) is 4.67. The molecule has 2 aromatic heterocycles. The minimum atomic E-state index is -0.474. The summed E-state index contributed by atoms with van der Waals surface area (Å²) in [6.45, 7) is 4.13. The van der Waals surface area contributed by atoms with Gasteiger partial charge in [0.05, 0.1) is 29.3 Å². The Morgan fingerprint density at radius 1 is 1.16 bits per heavy atom. The molecule has 2 aromatic carbocycles. The Morgan fingerprint density at radius 3 is 2.77 bits per heavy atom. The molecule has 0 spiro atoms. The van der Waals surface area contributed by atoms with Gasteiger partial charge in [-0.25, -0.2) is 9.78 Å². The van der Waals surface area contributed by atoms with Crippen LogP contribution in [0.5, 0.6) is 0 Å². The Morgan fingerprint density at radius 2 is 2.00 bits per heavy atom. The summed E-state index contributed by atoms with van der Waals surface area (Å²) in [5.41, 5.74) is 3.92. The van der Waals surface area contributed by atoms with Crippen LogP contribution in [0.1, 0.15) is 27.3 Å². The van der Waals surface area contributed by atoms with Crippen molar-refractivity contribution in [2.24, 2.45) is 0 Å². The molecular formula is C21H19N5O3S2. The van der Waals surface area contributed by atoms with Gasteiger partial charge in [-0.15, -0.1) is 10.2 Å². The van der Waals surface area contributed by atoms with Crippen LogP contribution in [0, 0.1) is 13.8 Å². The highest BCUT2D eigenvalue weighted by molar-refractivity contribution is 8.00. The lowest BCUT2D eigenvalue weighted by molar-refractivity contribution is 0.0601. The first-order valence-corrected chi connectivity index (χ1v) is 11.1. The van der Waals surface area contributed by atoms with Gasteiger partial charge < -0.3 is 15.0 Å². The van der Waals surface area contributed by atoms with E-state index in [2.05, 4.69) is 51.5 Å². The van der Waals surface area contributed by atoms with E-state index in [0.29, 0.717) is 33.2 Å². The van der Waals surface area contributed by atoms with Gasteiger partial charge in [-0.05, 0) is 55.3 Å². The standard InChI is InChI=1S/C21H19N5O3S2/c1-11-4-6-14(8-12(11)2)22-20-25-26-21(31-20)30-10-17-23-16-9-13(19(28)29-3)5-7-15(16)18(27)24-17/h4-9H,10H2,1-3H3,(H,22,25)(H,23,24,27). The summed E-state index contributed by atoms with van der Waals surface area (Å²) in [4.78, 5) is 31.4. The molecule has 2 N–H and O–H groups in total. The lowest BCUT2D eigenvalue weighted by atomic mass is 10.1. The van der Waals surface area contributed by atoms with Gasteiger partial charge >= 0.3 is 5.97 Å². The number of methoxy groups -OCH3 is 1. The quantitative estimate of drug-likeness (QED) is 0.330. The molecule has 0 aliphatic heterocycles. The molecule has 0 unspecified atom stereocenters. The third-order valence-corrected chi connectivity index (χ3v) is 6.66. The molecular weight excluding hydrogens is 434 g/mol. The van der Waals surface area contributed by atoms with Crippen molar-refractivity contribution >= 4 is 50.8 Å². The first-order valence-electron chi connectivity index (χ1n) is 9.35. The maximum atomic E-state index is 12.4. The van der Waals surface area contributed by atoms with Crippen LogP contribution in [-0.4, -0.2) is 33.2 Å². The third kappa shape index (κ3) is 4.75. The molecule has 10 heteroatoms. The Kier molecular flexibility index (Phi) is 6.01. The van der Waals surface area contributed by atoms with Gasteiger partial charge in [0.25, 0.3) is 5.56 Å². The molecule has 0 aliphatic rings. The topological polar surface area (TPSA) is 110 Å². The number of aromatic nitrogens is 4. The number of rotatable bonds is 6. The number of hydrogen-bond donors (Lipinski definition) is 2. The molecule has 0 amide bonds. The largest absolute Gasteiger partial charge is 0.465 e. The SMILES string of the molecule is COC(=O)c1ccc2c(=O)[nH]c(CSc3nnc(Nc4ccc(C)c(C)c4)s3)nc2c1. The van der Waals surface area contributed by atoms with E-state index in [1.165, 1.54) is 41.3 Å². The lowest BCUT2D eigenvalue weighted by Gasteiger charge is -2.05. The van der Waals surface area contributed by atoms with Gasteiger partial charge in [-0.1, -0.05) is 29.2 Å². The number of nitrogens with zero attached hydrogens (tertiary/aromatic N) is 3. The van der Waals surface area contributed by atoms with Gasteiger partial charge in [0.1, 0.15) is 5.82 Å². The average molecular weight is 454 g/mol. The number of ether oxygens (including phenoxy) is 1. The van der Waals surface area contributed by atoms with Gasteiger partial charge in [0.15, 0.2) is 4.34 Å². The molecule has 2 heterocycles. The highest BCUT2D eigenvalue weighted by Gasteiger charge is 2.11. The molecule has 4 aromatic rings. The zero-order chi connectivity index (χ0) is 22.0. The average Bonchev–Trinajstić information content (AvgIpc) is 3.21. The molecule has 0 aliphatic carbocycles. The highest BCUT2D eigenvalue weighted by Crippen LogP contribution is 2.29. The monoisotopic (exact) mass is 453 g/mol. The summed E-state index contributed by atoms with van der Waals surface area (Å²) in [5, 5.41) is 12.7. The molecule has 0 saturated carbocycles. The predicted octanol–water partition coefficient (Wildman–Crippen LogP) is 4.21. The Labute approximate surface area is 186 Å². The second-order valence-electron chi connectivity index (χ2n) is 6.82. The van der Waals surface area contributed by atoms with Crippen molar-refractivity contribution in [3.8, 4) is 0 Å². The number of anilines is 2. The summed E-state index contributed by atoms with van der Waals surface area (Å²) >= 11 is 2.85. The summed E-state index contributed by atoms with van der Waals surface area (Å²) < 4.78 is 5.48. The number of thioether (sulfide) groups is 1. The number of carbonyl (C=O) groups excluding carboxylic acids is 1. The Hall–Kier alpha value is -3.24. The zero-order valence-electron chi connectivity index (χ0n) is 17.1. The second-order valence-corrected chi connectivity index (χ2v) is 9.02. The van der Waals surface area contributed by atoms with Gasteiger partial charge in [0.2, 0.25) is 5.13 Å². The van der Waals surface area contributed by atoms with Gasteiger partial charge in [-0.2, -0.15) is 0 Å². The first kappa shape index (κ1) is 21.0. The van der Waals surface area contributed by atoms with Crippen LogP contribution in [0.25, 0.3) is 10.9 Å². The number of aromatic amines is 1. The fraction of sp³-hybridized carbons (Fsp3) is 0.190. The molecule has 0 saturated heterocycles. The van der Waals surface area contributed by atoms with Crippen LogP contribution < -0.4 is 10.9 Å². The van der Waals surface area contributed by atoms with Gasteiger partial charge in [-0.3, -0.25) is 4.79 Å². The van der Waals surface area contributed by atoms with Crippen LogP contribution in [0.2, 0.25) is 0 Å². The fourth-order valence-electron chi connectivity index (χ4n) is 2.89. The summed E-state index contributed by atoms with van der Waals surface area (Å²) in [5.74, 6) is 0.423. The van der Waals surface area contributed by atoms with Crippen LogP contribution in [0.15, 0.2) is 45.5 Å². The smallest absolute Gasteiger partial charge is 0.337 e. The fourth-order valence-corrected chi connectivity index (χ4v) is 4.53. The lowest BCUT2D eigenvalue weighted by Crippen LogP contribution is -2.12. The number of aryl methyl sites for hydroxylation is 2. The molecule has 31 heavy (non-hydrogen) atoms. The highest BCUT2D eigenvalue weighted by atomic mass is 32.2. The normalized spacial score (nSPS) is 10.9. The van der Waals surface area contributed by atoms with Crippen molar-refractivity contribution in [3.63, 3.8) is 0 Å². The van der Waals surface area contributed by atoms with E-state index in [1.807, 2.05) is 6.07 Å². The predicted molar refractivity (Wildman–Crippen MR) is 122 cm³/mol. The number of hydrogen-bond acceptors (Lipinski definition) is 9. The van der Waals surface area contributed by atoms with Crippen LogP contribution in [0.4, 0.5) is 10.8 Å². The molecule has 158 valence electrons. The van der Waals surface area contributed by atoms with E-state index in [-0.39, 0.29) is 5.56 Å². The second kappa shape index (κ2) is 8.86. The van der Waals surface area contributed by atoms with E-state index >= 15 is 0 Å². The molecule has 4 rings (SSSR count). The van der Waals surface area contributed by atoms with Crippen molar-refractivity contribution < 1.29 is 9.53 Å². The van der Waals surface area contributed by atoms with Crippen LogP contribution in [-0.2, 0) is 10.5 Å². The molecule has 8 nitrogen and oxygen atoms in total. The number of nitrogens with one attached hydrogen (secondary N) is 2. The van der Waals surface area contributed by atoms with Gasteiger partial charge in [0, 0.05) is 5.69 Å². The maximum absolute atomic E-state index is 12.4. The Balaban J connectivity index is 1.48. The van der Waals surface area contributed by atoms with E-state index in [0.717, 1.165) is 10.0 Å². The number of H-pyrrole nitrogens is 1. The van der Waals surface area contributed by atoms with Crippen molar-refractivity contribution in [2.75, 3.05) is 12.4 Å². The van der Waals surface area contributed by atoms with E-state index in [4.69, 9.17) is 4.74 Å². The van der Waals surface area contributed by atoms with E-state index in [9.17, 15) is 9.59 Å². The van der Waals surface area contributed by atoms with Crippen LogP contribution >= 0.6 is 23.1 Å². The minimum absolute atomic E-state index is 0.258. The molecule has 0 radical (unpaired) electrons. The Bertz CT molecular complexity index is 1330. The zero-order valence-corrected chi connectivity index (χ0v) is 18.7.